The van der Waals surface area contributed by atoms with Gasteiger partial charge in [0.1, 0.15) is 18.1 Å². The van der Waals surface area contributed by atoms with E-state index in [0.29, 0.717) is 39.5 Å². The van der Waals surface area contributed by atoms with Gasteiger partial charge >= 0.3 is 0 Å². The summed E-state index contributed by atoms with van der Waals surface area (Å²) in [7, 11) is 0. The molecule has 0 aliphatic carbocycles. The second kappa shape index (κ2) is 9.94. The van der Waals surface area contributed by atoms with Crippen LogP contribution in [0.1, 0.15) is 39.2 Å². The average molecular weight is 484 g/mol. The van der Waals surface area contributed by atoms with E-state index in [-0.39, 0.29) is 18.2 Å². The number of Topliss-reactive ketones (excluding diaryl/α,β-unsaturated/α-hetero) is 1. The van der Waals surface area contributed by atoms with Crippen LogP contribution >= 0.6 is 23.2 Å². The number of nitrogens with zero attached hydrogens (tertiary/aromatic N) is 2. The van der Waals surface area contributed by atoms with Gasteiger partial charge in [-0.2, -0.15) is 5.10 Å². The van der Waals surface area contributed by atoms with Crippen LogP contribution in [0.15, 0.2) is 71.3 Å². The molecule has 0 saturated heterocycles. The molecule has 0 spiro atoms. The van der Waals surface area contributed by atoms with Crippen molar-refractivity contribution in [2.75, 3.05) is 5.32 Å². The van der Waals surface area contributed by atoms with Crippen LogP contribution in [0, 0.1) is 0 Å². The third kappa shape index (κ3) is 5.83. The lowest BCUT2D eigenvalue weighted by Gasteiger charge is -2.05. The van der Waals surface area contributed by atoms with Crippen LogP contribution in [0.25, 0.3) is 0 Å². The molecule has 4 aromatic rings. The van der Waals surface area contributed by atoms with E-state index in [1.165, 1.54) is 6.92 Å². The molecular weight excluding hydrogens is 465 g/mol. The van der Waals surface area contributed by atoms with Gasteiger partial charge in [-0.05, 0) is 61.0 Å². The monoisotopic (exact) mass is 483 g/mol. The Balaban J connectivity index is 1.32. The number of furan rings is 1. The maximum atomic E-state index is 12.5. The SMILES string of the molecule is CC(=O)c1ccc(OCc2ccc(C(=O)Nc3ccn(Cc4ccc(Cl)cc4Cl)n3)o2)cc1. The number of ether oxygens (including phenoxy) is 1. The molecule has 7 nitrogen and oxygen atoms in total. The number of hydrogen-bond acceptors (Lipinski definition) is 5. The Bertz CT molecular complexity index is 1300. The Hall–Kier alpha value is -3.55. The van der Waals surface area contributed by atoms with Crippen LogP contribution in [0.5, 0.6) is 5.75 Å². The van der Waals surface area contributed by atoms with E-state index in [1.807, 2.05) is 6.07 Å². The smallest absolute Gasteiger partial charge is 0.292 e. The highest BCUT2D eigenvalue weighted by atomic mass is 35.5. The third-order valence-corrected chi connectivity index (χ3v) is 5.34. The molecule has 0 aliphatic rings. The number of carbonyl (C=O) groups is 2. The molecule has 0 unspecified atom stereocenters. The third-order valence-electron chi connectivity index (χ3n) is 4.76. The number of aromatic nitrogens is 2. The van der Waals surface area contributed by atoms with Gasteiger partial charge in [0, 0.05) is 27.9 Å². The Kier molecular flexibility index (Phi) is 6.82. The lowest BCUT2D eigenvalue weighted by atomic mass is 10.1. The predicted molar refractivity (Wildman–Crippen MR) is 125 cm³/mol. The minimum Gasteiger partial charge on any atom is -0.486 e. The maximum Gasteiger partial charge on any atom is 0.292 e. The fourth-order valence-corrected chi connectivity index (χ4v) is 3.50. The summed E-state index contributed by atoms with van der Waals surface area (Å²) in [6.45, 7) is 2.08. The van der Waals surface area contributed by atoms with Crippen molar-refractivity contribution >= 4 is 40.7 Å². The molecule has 0 fully saturated rings. The van der Waals surface area contributed by atoms with Crippen molar-refractivity contribution in [3.8, 4) is 5.75 Å². The van der Waals surface area contributed by atoms with Gasteiger partial charge in [-0.15, -0.1) is 0 Å². The summed E-state index contributed by atoms with van der Waals surface area (Å²) in [5.41, 5.74) is 1.46. The number of carbonyl (C=O) groups excluding carboxylic acids is 2. The zero-order valence-corrected chi connectivity index (χ0v) is 19.1. The first-order valence-electron chi connectivity index (χ1n) is 9.98. The predicted octanol–water partition coefficient (Wildman–Crippen LogP) is 5.87. The maximum absolute atomic E-state index is 12.5. The minimum absolute atomic E-state index is 0.0122. The van der Waals surface area contributed by atoms with Gasteiger partial charge in [-0.1, -0.05) is 29.3 Å². The van der Waals surface area contributed by atoms with Crippen LogP contribution in [0.3, 0.4) is 0 Å². The summed E-state index contributed by atoms with van der Waals surface area (Å²) < 4.78 is 12.9. The van der Waals surface area contributed by atoms with Gasteiger partial charge < -0.3 is 14.5 Å². The number of halogens is 2. The quantitative estimate of drug-likeness (QED) is 0.317. The lowest BCUT2D eigenvalue weighted by molar-refractivity contribution is 0.0990. The molecular formula is C24H19Cl2N3O4. The summed E-state index contributed by atoms with van der Waals surface area (Å²) >= 11 is 12.1. The number of benzene rings is 2. The van der Waals surface area contributed by atoms with Crippen LogP contribution in [-0.2, 0) is 13.2 Å². The molecule has 168 valence electrons. The summed E-state index contributed by atoms with van der Waals surface area (Å²) in [5.74, 6) is 1.15. The number of nitrogens with one attached hydrogen (secondary N) is 1. The van der Waals surface area contributed by atoms with Crippen LogP contribution in [0.4, 0.5) is 5.82 Å². The number of rotatable bonds is 8. The Morgan fingerprint density at radius 2 is 1.85 bits per heavy atom. The van der Waals surface area contributed by atoms with E-state index >= 15 is 0 Å². The summed E-state index contributed by atoms with van der Waals surface area (Å²) in [5, 5.41) is 8.15. The van der Waals surface area contributed by atoms with Gasteiger partial charge in [0.05, 0.1) is 6.54 Å². The molecule has 0 bridgehead atoms. The molecule has 1 amide bonds. The molecule has 2 aromatic heterocycles. The normalized spacial score (nSPS) is 10.8. The van der Waals surface area contributed by atoms with Crippen molar-refractivity contribution in [2.24, 2.45) is 0 Å². The molecule has 0 radical (unpaired) electrons. The van der Waals surface area contributed by atoms with E-state index in [9.17, 15) is 9.59 Å². The Morgan fingerprint density at radius 3 is 2.58 bits per heavy atom. The van der Waals surface area contributed by atoms with Crippen LogP contribution in [0.2, 0.25) is 10.0 Å². The van der Waals surface area contributed by atoms with Crippen molar-refractivity contribution in [3.05, 3.63) is 99.6 Å². The fourth-order valence-electron chi connectivity index (χ4n) is 3.04. The van der Waals surface area contributed by atoms with Gasteiger partial charge in [0.15, 0.2) is 17.4 Å². The first kappa shape index (κ1) is 22.6. The number of amides is 1. The Morgan fingerprint density at radius 1 is 1.06 bits per heavy atom. The molecule has 2 aromatic carbocycles. The van der Waals surface area contributed by atoms with Gasteiger partial charge in [0.25, 0.3) is 5.91 Å². The summed E-state index contributed by atoms with van der Waals surface area (Å²) in [6.07, 6.45) is 1.74. The molecule has 2 heterocycles. The molecule has 9 heteroatoms. The van der Waals surface area contributed by atoms with Crippen molar-refractivity contribution in [2.45, 2.75) is 20.1 Å². The van der Waals surface area contributed by atoms with E-state index in [0.717, 1.165) is 5.56 Å². The van der Waals surface area contributed by atoms with Crippen molar-refractivity contribution < 1.29 is 18.7 Å². The zero-order valence-electron chi connectivity index (χ0n) is 17.5. The van der Waals surface area contributed by atoms with Crippen LogP contribution in [-0.4, -0.2) is 21.5 Å². The second-order valence-electron chi connectivity index (χ2n) is 7.22. The van der Waals surface area contributed by atoms with Gasteiger partial charge in [-0.3, -0.25) is 14.3 Å². The number of hydrogen-bond donors (Lipinski definition) is 1. The molecule has 1 N–H and O–H groups in total. The van der Waals surface area contributed by atoms with Crippen molar-refractivity contribution in [3.63, 3.8) is 0 Å². The molecule has 33 heavy (non-hydrogen) atoms. The molecule has 4 rings (SSSR count). The highest BCUT2D eigenvalue weighted by Crippen LogP contribution is 2.22. The van der Waals surface area contributed by atoms with Crippen LogP contribution < -0.4 is 10.1 Å². The minimum atomic E-state index is -0.429. The highest BCUT2D eigenvalue weighted by Gasteiger charge is 2.14. The fraction of sp³-hybridized carbons (Fsp3) is 0.125. The van der Waals surface area contributed by atoms with E-state index in [4.69, 9.17) is 32.4 Å². The average Bonchev–Trinajstić information content (AvgIpc) is 3.44. The number of anilines is 1. The van der Waals surface area contributed by atoms with E-state index < -0.39 is 5.91 Å². The zero-order chi connectivity index (χ0) is 23.4. The van der Waals surface area contributed by atoms with E-state index in [1.54, 1.807) is 65.5 Å². The molecule has 0 saturated carbocycles. The summed E-state index contributed by atoms with van der Waals surface area (Å²) in [4.78, 5) is 23.8. The molecule has 0 aliphatic heterocycles. The summed E-state index contributed by atoms with van der Waals surface area (Å²) in [6, 6.07) is 17.0. The van der Waals surface area contributed by atoms with Gasteiger partial charge in [-0.25, -0.2) is 0 Å². The topological polar surface area (TPSA) is 86.4 Å². The number of ketones is 1. The first-order valence-corrected chi connectivity index (χ1v) is 10.7. The van der Waals surface area contributed by atoms with E-state index in [2.05, 4.69) is 10.4 Å². The second-order valence-corrected chi connectivity index (χ2v) is 8.07. The first-order chi connectivity index (χ1) is 15.9. The Labute approximate surface area is 199 Å². The highest BCUT2D eigenvalue weighted by molar-refractivity contribution is 6.35. The lowest BCUT2D eigenvalue weighted by Crippen LogP contribution is -2.12. The van der Waals surface area contributed by atoms with Crippen molar-refractivity contribution in [1.29, 1.82) is 0 Å². The molecule has 0 atom stereocenters. The van der Waals surface area contributed by atoms with Crippen molar-refractivity contribution in [1.82, 2.24) is 9.78 Å². The van der Waals surface area contributed by atoms with Gasteiger partial charge in [0.2, 0.25) is 0 Å². The largest absolute Gasteiger partial charge is 0.486 e. The standard InChI is InChI=1S/C24H19Cl2N3O4/c1-15(30)16-3-6-19(7-4-16)32-14-20-8-9-22(33-20)24(31)27-23-10-11-29(28-23)13-17-2-5-18(25)12-21(17)26/h2-12H,13-14H2,1H3,(H,27,28,31).